The third kappa shape index (κ3) is 2.53. The van der Waals surface area contributed by atoms with Gasteiger partial charge in [0.1, 0.15) is 0 Å². The van der Waals surface area contributed by atoms with E-state index in [0.29, 0.717) is 15.4 Å². The molecule has 2 fully saturated rings. The zero-order valence-electron chi connectivity index (χ0n) is 9.10. The molecular formula is C11H22GeN2. The van der Waals surface area contributed by atoms with Crippen molar-refractivity contribution in [2.75, 3.05) is 26.2 Å². The van der Waals surface area contributed by atoms with Crippen molar-refractivity contribution in [1.82, 2.24) is 4.90 Å². The first kappa shape index (κ1) is 11.0. The van der Waals surface area contributed by atoms with E-state index in [1.807, 2.05) is 0 Å². The summed E-state index contributed by atoms with van der Waals surface area (Å²) in [5.41, 5.74) is 6.32. The van der Waals surface area contributed by atoms with Gasteiger partial charge < -0.3 is 0 Å². The fraction of sp³-hybridized carbons (Fsp3) is 1.00. The van der Waals surface area contributed by atoms with E-state index in [2.05, 4.69) is 4.90 Å². The van der Waals surface area contributed by atoms with E-state index in [-0.39, 0.29) is 0 Å². The van der Waals surface area contributed by atoms with Gasteiger partial charge in [-0.25, -0.2) is 0 Å². The van der Waals surface area contributed by atoms with E-state index in [1.165, 1.54) is 32.5 Å². The first-order valence-corrected chi connectivity index (χ1v) is 8.95. The summed E-state index contributed by atoms with van der Waals surface area (Å²) in [5, 5.41) is 3.20. The average Bonchev–Trinajstić information content (AvgIpc) is 2.60. The summed E-state index contributed by atoms with van der Waals surface area (Å²) in [7, 11) is 0. The van der Waals surface area contributed by atoms with Crippen LogP contribution in [0.25, 0.3) is 0 Å². The number of nitrogens with zero attached hydrogens (tertiary/aromatic N) is 1. The number of rotatable bonds is 3. The summed E-state index contributed by atoms with van der Waals surface area (Å²) >= 11 is 0.487. The van der Waals surface area contributed by atoms with Gasteiger partial charge in [-0.3, -0.25) is 0 Å². The van der Waals surface area contributed by atoms with Gasteiger partial charge in [0.05, 0.1) is 0 Å². The standard InChI is InChI=1S/C11H22GeN2/c13-7-1-8-14-9-4-11(10-14)2-5-12-6-3-11/h1-10,13H2. The summed E-state index contributed by atoms with van der Waals surface area (Å²) in [4.78, 5) is 2.65. The third-order valence-corrected chi connectivity index (χ3v) is 6.39. The molecule has 0 aromatic rings. The number of hydrogen-bond acceptors (Lipinski definition) is 2. The molecule has 2 N–H and O–H groups in total. The van der Waals surface area contributed by atoms with Crippen LogP contribution in [0.3, 0.4) is 0 Å². The van der Waals surface area contributed by atoms with E-state index >= 15 is 0 Å². The molecule has 0 unspecified atom stereocenters. The maximum atomic E-state index is 5.55. The number of nitrogens with two attached hydrogens (primary N) is 1. The molecule has 0 aromatic heterocycles. The van der Waals surface area contributed by atoms with Crippen molar-refractivity contribution in [3.63, 3.8) is 0 Å². The number of hydrogen-bond donors (Lipinski definition) is 1. The molecule has 0 bridgehead atoms. The number of likely N-dealkylation sites (tertiary alicyclic amines) is 1. The van der Waals surface area contributed by atoms with E-state index in [9.17, 15) is 0 Å². The van der Waals surface area contributed by atoms with Crippen LogP contribution in [0.4, 0.5) is 0 Å². The Morgan fingerprint density at radius 3 is 2.71 bits per heavy atom. The molecule has 2 rings (SSSR count). The fourth-order valence-electron chi connectivity index (χ4n) is 2.90. The molecule has 14 heavy (non-hydrogen) atoms. The van der Waals surface area contributed by atoms with E-state index < -0.39 is 0 Å². The van der Waals surface area contributed by atoms with Gasteiger partial charge in [-0.05, 0) is 0 Å². The molecule has 2 radical (unpaired) electrons. The molecule has 2 nitrogen and oxygen atoms in total. The Kier molecular flexibility index (Phi) is 3.91. The minimum atomic E-state index is 0.487. The first-order valence-electron chi connectivity index (χ1n) is 5.98. The van der Waals surface area contributed by atoms with Gasteiger partial charge in [0.25, 0.3) is 0 Å². The van der Waals surface area contributed by atoms with Crippen molar-refractivity contribution in [2.45, 2.75) is 36.2 Å². The second kappa shape index (κ2) is 4.99. The van der Waals surface area contributed by atoms with E-state index in [4.69, 9.17) is 5.73 Å². The van der Waals surface area contributed by atoms with Gasteiger partial charge in [0, 0.05) is 0 Å². The molecule has 80 valence electrons. The Morgan fingerprint density at radius 2 is 2.00 bits per heavy atom. The molecule has 0 atom stereocenters. The summed E-state index contributed by atoms with van der Waals surface area (Å²) in [6.45, 7) is 4.84. The van der Waals surface area contributed by atoms with Gasteiger partial charge in [-0.2, -0.15) is 0 Å². The second-order valence-electron chi connectivity index (χ2n) is 4.92. The molecule has 0 amide bonds. The summed E-state index contributed by atoms with van der Waals surface area (Å²) < 4.78 is 0. The van der Waals surface area contributed by atoms with Crippen molar-refractivity contribution in [3.05, 3.63) is 0 Å². The Hall–Kier alpha value is 0.463. The van der Waals surface area contributed by atoms with Crippen molar-refractivity contribution >= 4 is 15.4 Å². The molecule has 2 saturated heterocycles. The zero-order valence-corrected chi connectivity index (χ0v) is 11.2. The van der Waals surface area contributed by atoms with E-state index in [0.717, 1.165) is 12.0 Å². The van der Waals surface area contributed by atoms with Crippen LogP contribution < -0.4 is 5.73 Å². The minimum absolute atomic E-state index is 0.487. The van der Waals surface area contributed by atoms with Crippen LogP contribution in [-0.4, -0.2) is 46.5 Å². The van der Waals surface area contributed by atoms with Gasteiger partial charge in [0.2, 0.25) is 0 Å². The monoisotopic (exact) mass is 256 g/mol. The van der Waals surface area contributed by atoms with Gasteiger partial charge in [0.15, 0.2) is 0 Å². The van der Waals surface area contributed by atoms with Crippen LogP contribution in [0.15, 0.2) is 0 Å². The average molecular weight is 255 g/mol. The van der Waals surface area contributed by atoms with Crippen LogP contribution in [0.2, 0.25) is 10.5 Å². The summed E-state index contributed by atoms with van der Waals surface area (Å²) in [5.74, 6) is 0. The van der Waals surface area contributed by atoms with Crippen LogP contribution in [0.5, 0.6) is 0 Å². The third-order valence-electron chi connectivity index (χ3n) is 3.86. The predicted octanol–water partition coefficient (Wildman–Crippen LogP) is 1.36. The maximum absolute atomic E-state index is 5.55. The summed E-state index contributed by atoms with van der Waals surface area (Å²) in [6, 6.07) is 0. The second-order valence-corrected chi connectivity index (χ2v) is 8.07. The normalized spacial score (nSPS) is 27.2. The Labute approximate surface area is 94.1 Å². The molecule has 1 spiro atoms. The molecular weight excluding hydrogens is 233 g/mol. The van der Waals surface area contributed by atoms with Gasteiger partial charge >= 0.3 is 93.8 Å². The SMILES string of the molecule is NCCCN1CCC2(C[CH2][Ge][CH2]C2)C1. The fourth-order valence-corrected chi connectivity index (χ4v) is 6.39. The molecule has 0 aromatic carbocycles. The van der Waals surface area contributed by atoms with Crippen LogP contribution in [0, 0.1) is 5.41 Å². The molecule has 2 aliphatic rings. The van der Waals surface area contributed by atoms with Crippen molar-refractivity contribution < 1.29 is 0 Å². The topological polar surface area (TPSA) is 29.3 Å². The molecule has 0 saturated carbocycles. The van der Waals surface area contributed by atoms with Crippen molar-refractivity contribution in [1.29, 1.82) is 0 Å². The van der Waals surface area contributed by atoms with Crippen LogP contribution in [0.1, 0.15) is 25.7 Å². The molecule has 0 aliphatic carbocycles. The Balaban J connectivity index is 1.80. The van der Waals surface area contributed by atoms with E-state index in [1.54, 1.807) is 23.3 Å². The van der Waals surface area contributed by atoms with Crippen LogP contribution >= 0.6 is 0 Å². The molecule has 2 heterocycles. The molecule has 2 aliphatic heterocycles. The predicted molar refractivity (Wildman–Crippen MR) is 61.8 cm³/mol. The Morgan fingerprint density at radius 1 is 1.21 bits per heavy atom. The first-order chi connectivity index (χ1) is 6.85. The van der Waals surface area contributed by atoms with Crippen molar-refractivity contribution in [2.24, 2.45) is 11.1 Å². The van der Waals surface area contributed by atoms with Crippen molar-refractivity contribution in [3.8, 4) is 0 Å². The van der Waals surface area contributed by atoms with Gasteiger partial charge in [-0.15, -0.1) is 0 Å². The zero-order chi connectivity index (χ0) is 9.86. The van der Waals surface area contributed by atoms with Gasteiger partial charge in [-0.1, -0.05) is 0 Å². The Bertz CT molecular complexity index is 178. The van der Waals surface area contributed by atoms with Crippen LogP contribution in [-0.2, 0) is 0 Å². The molecule has 3 heteroatoms. The summed E-state index contributed by atoms with van der Waals surface area (Å²) in [6.07, 6.45) is 5.76. The quantitative estimate of drug-likeness (QED) is 0.771.